The summed E-state index contributed by atoms with van der Waals surface area (Å²) in [5, 5.41) is 3.66. The molecule has 2 nitrogen and oxygen atoms in total. The first kappa shape index (κ1) is 14.7. The quantitative estimate of drug-likeness (QED) is 0.827. The first-order chi connectivity index (χ1) is 8.42. The first-order valence-corrected chi connectivity index (χ1v) is 8.67. The van der Waals surface area contributed by atoms with E-state index in [-0.39, 0.29) is 5.54 Å². The van der Waals surface area contributed by atoms with Gasteiger partial charge in [-0.3, -0.25) is 0 Å². The highest BCUT2D eigenvalue weighted by Gasteiger charge is 2.39. The molecule has 1 atom stereocenters. The van der Waals surface area contributed by atoms with Gasteiger partial charge < -0.3 is 10.2 Å². The Balaban J connectivity index is 1.71. The molecular weight excluding hydrogens is 240 g/mol. The molecule has 106 valence electrons. The van der Waals surface area contributed by atoms with Gasteiger partial charge in [0.05, 0.1) is 0 Å². The zero-order valence-corrected chi connectivity index (χ0v) is 13.4. The van der Waals surface area contributed by atoms with Gasteiger partial charge in [-0.05, 0) is 65.3 Å². The van der Waals surface area contributed by atoms with Crippen molar-refractivity contribution in [1.82, 2.24) is 10.2 Å². The lowest BCUT2D eigenvalue weighted by Gasteiger charge is -2.43. The van der Waals surface area contributed by atoms with Gasteiger partial charge in [0.1, 0.15) is 0 Å². The van der Waals surface area contributed by atoms with E-state index in [0.717, 1.165) is 5.92 Å². The maximum Gasteiger partial charge on any atom is 0.0284 e. The molecule has 2 rings (SSSR count). The smallest absolute Gasteiger partial charge is 0.0284 e. The molecule has 0 spiro atoms. The van der Waals surface area contributed by atoms with E-state index < -0.39 is 0 Å². The van der Waals surface area contributed by atoms with Crippen molar-refractivity contribution in [1.29, 1.82) is 0 Å². The van der Waals surface area contributed by atoms with Crippen LogP contribution >= 0.6 is 11.8 Å². The third-order valence-electron chi connectivity index (χ3n) is 4.50. The summed E-state index contributed by atoms with van der Waals surface area (Å²) >= 11 is 2.11. The Morgan fingerprint density at radius 1 is 1.33 bits per heavy atom. The van der Waals surface area contributed by atoms with Crippen molar-refractivity contribution in [2.45, 2.75) is 56.7 Å². The predicted molar refractivity (Wildman–Crippen MR) is 82.4 cm³/mol. The Bertz CT molecular complexity index is 263. The van der Waals surface area contributed by atoms with Gasteiger partial charge in [-0.1, -0.05) is 6.42 Å². The van der Waals surface area contributed by atoms with Crippen LogP contribution in [0.3, 0.4) is 0 Å². The second-order valence-corrected chi connectivity index (χ2v) is 8.54. The molecule has 18 heavy (non-hydrogen) atoms. The molecule has 0 radical (unpaired) electrons. The van der Waals surface area contributed by atoms with Crippen molar-refractivity contribution >= 4 is 11.8 Å². The van der Waals surface area contributed by atoms with Crippen molar-refractivity contribution in [2.24, 2.45) is 5.92 Å². The topological polar surface area (TPSA) is 15.3 Å². The van der Waals surface area contributed by atoms with Crippen LogP contribution in [0.25, 0.3) is 0 Å². The van der Waals surface area contributed by atoms with Gasteiger partial charge in [0, 0.05) is 23.4 Å². The molecule has 1 N–H and O–H groups in total. The normalized spacial score (nSPS) is 28.3. The highest BCUT2D eigenvalue weighted by Crippen LogP contribution is 2.43. The molecule has 0 amide bonds. The zero-order chi connectivity index (χ0) is 13.2. The van der Waals surface area contributed by atoms with Gasteiger partial charge in [-0.25, -0.2) is 0 Å². The van der Waals surface area contributed by atoms with Gasteiger partial charge >= 0.3 is 0 Å². The second kappa shape index (κ2) is 5.72. The van der Waals surface area contributed by atoms with Gasteiger partial charge in [0.25, 0.3) is 0 Å². The van der Waals surface area contributed by atoms with E-state index in [2.05, 4.69) is 49.0 Å². The monoisotopic (exact) mass is 270 g/mol. The maximum atomic E-state index is 3.66. The molecule has 2 fully saturated rings. The Kier molecular flexibility index (Phi) is 4.66. The highest BCUT2D eigenvalue weighted by atomic mass is 32.2. The molecule has 1 aliphatic heterocycles. The van der Waals surface area contributed by atoms with Crippen LogP contribution in [0.15, 0.2) is 0 Å². The van der Waals surface area contributed by atoms with Gasteiger partial charge in [-0.2, -0.15) is 11.8 Å². The summed E-state index contributed by atoms with van der Waals surface area (Å²) in [5.41, 5.74) is 0.266. The number of thioether (sulfide) groups is 1. The number of nitrogens with one attached hydrogen (secondary N) is 1. The fourth-order valence-corrected chi connectivity index (χ4v) is 4.09. The van der Waals surface area contributed by atoms with Crippen LogP contribution in [-0.2, 0) is 0 Å². The van der Waals surface area contributed by atoms with E-state index in [9.17, 15) is 0 Å². The second-order valence-electron chi connectivity index (χ2n) is 7.26. The number of nitrogens with zero attached hydrogens (tertiary/aromatic N) is 1. The fourth-order valence-electron chi connectivity index (χ4n) is 3.08. The number of hydrogen-bond donors (Lipinski definition) is 1. The van der Waals surface area contributed by atoms with Crippen molar-refractivity contribution in [2.75, 3.05) is 32.4 Å². The lowest BCUT2D eigenvalue weighted by Crippen LogP contribution is -2.45. The SMILES string of the molecule is CSC1(CN2CCC(CNC(C)(C)C)C2)CCC1. The predicted octanol–water partition coefficient (Wildman–Crippen LogP) is 2.98. The van der Waals surface area contributed by atoms with Crippen LogP contribution in [0.2, 0.25) is 0 Å². The Hall–Kier alpha value is 0.270. The van der Waals surface area contributed by atoms with Crippen molar-refractivity contribution in [3.63, 3.8) is 0 Å². The van der Waals surface area contributed by atoms with Gasteiger partial charge in [-0.15, -0.1) is 0 Å². The minimum atomic E-state index is 0.266. The minimum Gasteiger partial charge on any atom is -0.312 e. The van der Waals surface area contributed by atoms with E-state index in [4.69, 9.17) is 0 Å². The Morgan fingerprint density at radius 2 is 2.06 bits per heavy atom. The van der Waals surface area contributed by atoms with Crippen LogP contribution in [0.5, 0.6) is 0 Å². The van der Waals surface area contributed by atoms with Crippen LogP contribution in [-0.4, -0.2) is 47.6 Å². The van der Waals surface area contributed by atoms with Crippen LogP contribution < -0.4 is 5.32 Å². The average molecular weight is 270 g/mol. The summed E-state index contributed by atoms with van der Waals surface area (Å²) < 4.78 is 0.617. The largest absolute Gasteiger partial charge is 0.312 e. The molecule has 0 aromatic carbocycles. The molecule has 1 saturated carbocycles. The maximum absolute atomic E-state index is 3.66. The fraction of sp³-hybridized carbons (Fsp3) is 1.00. The molecule has 0 aromatic heterocycles. The molecule has 1 heterocycles. The molecule has 0 aromatic rings. The molecule has 1 saturated heterocycles. The summed E-state index contributed by atoms with van der Waals surface area (Å²) in [4.78, 5) is 2.71. The van der Waals surface area contributed by atoms with Crippen LogP contribution in [0, 0.1) is 5.92 Å². The standard InChI is InChI=1S/C15H30N2S/c1-14(2,3)16-10-13-6-9-17(11-13)12-15(18-4)7-5-8-15/h13,16H,5-12H2,1-4H3. The summed E-state index contributed by atoms with van der Waals surface area (Å²) in [7, 11) is 0. The van der Waals surface area contributed by atoms with E-state index in [1.807, 2.05) is 0 Å². The van der Waals surface area contributed by atoms with Crippen molar-refractivity contribution < 1.29 is 0 Å². The first-order valence-electron chi connectivity index (χ1n) is 7.45. The van der Waals surface area contributed by atoms with Crippen molar-refractivity contribution in [3.05, 3.63) is 0 Å². The Morgan fingerprint density at radius 3 is 2.56 bits per heavy atom. The van der Waals surface area contributed by atoms with Crippen molar-refractivity contribution in [3.8, 4) is 0 Å². The third-order valence-corrected chi connectivity index (χ3v) is 5.90. The lowest BCUT2D eigenvalue weighted by molar-refractivity contribution is 0.227. The molecule has 0 bridgehead atoms. The number of hydrogen-bond acceptors (Lipinski definition) is 3. The molecule has 1 aliphatic carbocycles. The average Bonchev–Trinajstić information content (AvgIpc) is 2.67. The van der Waals surface area contributed by atoms with E-state index in [1.54, 1.807) is 0 Å². The van der Waals surface area contributed by atoms with E-state index >= 15 is 0 Å². The van der Waals surface area contributed by atoms with Gasteiger partial charge in [0.2, 0.25) is 0 Å². The van der Waals surface area contributed by atoms with E-state index in [0.29, 0.717) is 4.75 Å². The summed E-state index contributed by atoms with van der Waals surface area (Å²) in [5.74, 6) is 0.864. The third kappa shape index (κ3) is 3.88. The van der Waals surface area contributed by atoms with Crippen LogP contribution in [0.4, 0.5) is 0 Å². The Labute approximate surface area is 117 Å². The number of likely N-dealkylation sites (tertiary alicyclic amines) is 1. The molecule has 3 heteroatoms. The van der Waals surface area contributed by atoms with E-state index in [1.165, 1.54) is 51.9 Å². The minimum absolute atomic E-state index is 0.266. The summed E-state index contributed by atoms with van der Waals surface area (Å²) in [6.07, 6.45) is 8.01. The molecular formula is C15H30N2S. The van der Waals surface area contributed by atoms with Gasteiger partial charge in [0.15, 0.2) is 0 Å². The zero-order valence-electron chi connectivity index (χ0n) is 12.6. The van der Waals surface area contributed by atoms with Crippen LogP contribution in [0.1, 0.15) is 46.5 Å². The molecule has 2 aliphatic rings. The lowest BCUT2D eigenvalue weighted by atomic mass is 9.84. The molecule has 1 unspecified atom stereocenters. The number of rotatable bonds is 5. The highest BCUT2D eigenvalue weighted by molar-refractivity contribution is 8.00. The summed E-state index contributed by atoms with van der Waals surface area (Å²) in [6, 6.07) is 0. The summed E-state index contributed by atoms with van der Waals surface area (Å²) in [6.45, 7) is 11.9.